The van der Waals surface area contributed by atoms with Gasteiger partial charge in [0.15, 0.2) is 0 Å². The highest BCUT2D eigenvalue weighted by atomic mass is 16.4. The molecule has 0 aliphatic rings. The molecule has 0 fully saturated rings. The Labute approximate surface area is 195 Å². The summed E-state index contributed by atoms with van der Waals surface area (Å²) in [5.74, 6) is -1.02. The van der Waals surface area contributed by atoms with Gasteiger partial charge in [0.1, 0.15) is 6.04 Å². The molecule has 1 amide bonds. The van der Waals surface area contributed by atoms with Crippen molar-refractivity contribution >= 4 is 11.9 Å². The number of unbranched alkanes of at least 4 members (excludes halogenated alkanes) is 8. The Bertz CT molecular complexity index is 361. The molecule has 1 unspecified atom stereocenters. The molecule has 0 heterocycles. The molecule has 0 aromatic carbocycles. The molecule has 0 radical (unpaired) electrons. The first-order chi connectivity index (χ1) is 15.2. The largest absolute Gasteiger partial charge is 0.480 e. The summed E-state index contributed by atoms with van der Waals surface area (Å²) >= 11 is 0. The number of hydrogen-bond acceptors (Lipinski definition) is 8. The van der Waals surface area contributed by atoms with Crippen LogP contribution in [0.25, 0.3) is 0 Å². The van der Waals surface area contributed by atoms with Gasteiger partial charge in [-0.15, -0.1) is 0 Å². The van der Waals surface area contributed by atoms with Crippen molar-refractivity contribution in [3.63, 3.8) is 0 Å². The van der Waals surface area contributed by atoms with E-state index in [1.807, 2.05) is 0 Å². The molecule has 0 bridgehead atoms. The molecule has 0 aliphatic heterocycles. The molecular weight excluding hydrogens is 416 g/mol. The van der Waals surface area contributed by atoms with E-state index in [-0.39, 0.29) is 25.7 Å². The Morgan fingerprint density at radius 2 is 1.06 bits per heavy atom. The van der Waals surface area contributed by atoms with Crippen LogP contribution in [0.15, 0.2) is 0 Å². The van der Waals surface area contributed by atoms with Gasteiger partial charge in [-0.2, -0.15) is 0 Å². The molecular formula is C22H52N4O6. The minimum absolute atomic E-state index is 0.0668. The first kappa shape index (κ1) is 38.0. The number of hydrogen-bond donors (Lipinski definition) is 7. The monoisotopic (exact) mass is 468 g/mol. The molecule has 196 valence electrons. The fraction of sp³-hybridized carbons (Fsp3) is 0.909. The molecule has 10 heteroatoms. The average Bonchev–Trinajstić information content (AvgIpc) is 2.82. The zero-order chi connectivity index (χ0) is 25.6. The Kier molecular flexibility index (Phi) is 40.7. The van der Waals surface area contributed by atoms with Gasteiger partial charge in [-0.05, 0) is 13.3 Å². The smallest absolute Gasteiger partial charge is 0.326 e. The van der Waals surface area contributed by atoms with E-state index in [0.29, 0.717) is 26.1 Å². The molecule has 0 saturated heterocycles. The fourth-order valence-corrected chi connectivity index (χ4v) is 2.14. The minimum atomic E-state index is -0.951. The summed E-state index contributed by atoms with van der Waals surface area (Å²) in [7, 11) is 1.56. The number of aliphatic hydroxyl groups is 3. The second-order valence-corrected chi connectivity index (χ2v) is 7.13. The van der Waals surface area contributed by atoms with Gasteiger partial charge in [0.2, 0.25) is 5.91 Å². The van der Waals surface area contributed by atoms with Crippen LogP contribution < -0.4 is 17.2 Å². The van der Waals surface area contributed by atoms with E-state index in [0.717, 1.165) is 12.8 Å². The van der Waals surface area contributed by atoms with Gasteiger partial charge >= 0.3 is 5.97 Å². The Hall–Kier alpha value is -1.30. The maximum absolute atomic E-state index is 11.8. The summed E-state index contributed by atoms with van der Waals surface area (Å²) in [6.07, 6.45) is 11.4. The quantitative estimate of drug-likeness (QED) is 0.169. The summed E-state index contributed by atoms with van der Waals surface area (Å²) < 4.78 is 0. The number of aliphatic carboxylic acids is 1. The predicted octanol–water partition coefficient (Wildman–Crippen LogP) is 0.651. The molecule has 0 rings (SSSR count). The Balaban J connectivity index is -0.000000267. The van der Waals surface area contributed by atoms with Crippen molar-refractivity contribution in [2.75, 3.05) is 46.5 Å². The van der Waals surface area contributed by atoms with Crippen molar-refractivity contribution in [3.8, 4) is 0 Å². The third kappa shape index (κ3) is 36.1. The normalized spacial score (nSPS) is 10.4. The maximum Gasteiger partial charge on any atom is 0.326 e. The van der Waals surface area contributed by atoms with Crippen molar-refractivity contribution in [2.45, 2.75) is 84.1 Å². The fourth-order valence-electron chi connectivity index (χ4n) is 2.14. The second-order valence-electron chi connectivity index (χ2n) is 7.13. The van der Waals surface area contributed by atoms with E-state index >= 15 is 0 Å². The van der Waals surface area contributed by atoms with Gasteiger partial charge in [-0.25, -0.2) is 4.79 Å². The van der Waals surface area contributed by atoms with Crippen LogP contribution in [0.5, 0.6) is 0 Å². The van der Waals surface area contributed by atoms with Crippen molar-refractivity contribution in [2.24, 2.45) is 17.2 Å². The number of nitrogens with zero attached hydrogens (tertiary/aromatic N) is 1. The third-order valence-corrected chi connectivity index (χ3v) is 4.21. The number of carbonyl (C=O) groups is 2. The topological polar surface area (TPSA) is 196 Å². The lowest BCUT2D eigenvalue weighted by molar-refractivity contribution is -0.148. The van der Waals surface area contributed by atoms with Gasteiger partial charge < -0.3 is 42.5 Å². The SMILES string of the molecule is CCCCCCCCCCCC(=O)N(C)C(C)C(=O)O.NCCO.NCCO.NCCO. The third-order valence-electron chi connectivity index (χ3n) is 4.21. The van der Waals surface area contributed by atoms with Crippen LogP contribution in [0.1, 0.15) is 78.1 Å². The van der Waals surface area contributed by atoms with E-state index < -0.39 is 12.0 Å². The highest BCUT2D eigenvalue weighted by molar-refractivity contribution is 5.83. The first-order valence-corrected chi connectivity index (χ1v) is 11.7. The number of rotatable bonds is 15. The summed E-state index contributed by atoms with van der Waals surface area (Å²) in [5.41, 5.74) is 14.3. The van der Waals surface area contributed by atoms with Crippen LogP contribution in [0.4, 0.5) is 0 Å². The lowest BCUT2D eigenvalue weighted by atomic mass is 10.1. The number of carboxylic acid groups (broad SMARTS) is 1. The van der Waals surface area contributed by atoms with E-state index in [4.69, 9.17) is 37.6 Å². The molecule has 0 spiro atoms. The molecule has 0 aromatic heterocycles. The predicted molar refractivity (Wildman–Crippen MR) is 130 cm³/mol. The van der Waals surface area contributed by atoms with Crippen LogP contribution >= 0.6 is 0 Å². The van der Waals surface area contributed by atoms with Gasteiger partial charge in [0, 0.05) is 33.1 Å². The zero-order valence-corrected chi connectivity index (χ0v) is 20.7. The number of aliphatic hydroxyl groups excluding tert-OH is 3. The van der Waals surface area contributed by atoms with Gasteiger partial charge in [0.25, 0.3) is 0 Å². The van der Waals surface area contributed by atoms with Crippen LogP contribution in [0.2, 0.25) is 0 Å². The molecule has 1 atom stereocenters. The Morgan fingerprint density at radius 3 is 1.34 bits per heavy atom. The van der Waals surface area contributed by atoms with Gasteiger partial charge in [-0.1, -0.05) is 58.3 Å². The van der Waals surface area contributed by atoms with Crippen molar-refractivity contribution < 1.29 is 30.0 Å². The molecule has 10 nitrogen and oxygen atoms in total. The number of likely N-dealkylation sites (N-methyl/N-ethyl adjacent to an activating group) is 1. The van der Waals surface area contributed by atoms with Gasteiger partial charge in [0.05, 0.1) is 19.8 Å². The van der Waals surface area contributed by atoms with E-state index in [1.165, 1.54) is 56.8 Å². The first-order valence-electron chi connectivity index (χ1n) is 11.7. The van der Waals surface area contributed by atoms with Crippen LogP contribution in [-0.2, 0) is 9.59 Å². The average molecular weight is 469 g/mol. The highest BCUT2D eigenvalue weighted by Crippen LogP contribution is 2.11. The number of amides is 1. The zero-order valence-electron chi connectivity index (χ0n) is 20.7. The Morgan fingerprint density at radius 1 is 0.750 bits per heavy atom. The van der Waals surface area contributed by atoms with Crippen molar-refractivity contribution in [3.05, 3.63) is 0 Å². The molecule has 0 aromatic rings. The lowest BCUT2D eigenvalue weighted by Crippen LogP contribution is -2.40. The van der Waals surface area contributed by atoms with Crippen molar-refractivity contribution in [1.82, 2.24) is 4.90 Å². The molecule has 10 N–H and O–H groups in total. The second kappa shape index (κ2) is 34.3. The number of carbonyl (C=O) groups excluding carboxylic acids is 1. The molecule has 0 saturated carbocycles. The minimum Gasteiger partial charge on any atom is -0.480 e. The van der Waals surface area contributed by atoms with Crippen molar-refractivity contribution in [1.29, 1.82) is 0 Å². The maximum atomic E-state index is 11.8. The summed E-state index contributed by atoms with van der Waals surface area (Å²) in [5, 5.41) is 32.1. The summed E-state index contributed by atoms with van der Waals surface area (Å²) in [4.78, 5) is 23.9. The summed E-state index contributed by atoms with van der Waals surface area (Å²) in [6, 6.07) is -0.735. The summed E-state index contributed by atoms with van der Waals surface area (Å²) in [6.45, 7) is 5.18. The molecule has 32 heavy (non-hydrogen) atoms. The van der Waals surface area contributed by atoms with E-state index in [1.54, 1.807) is 7.05 Å². The van der Waals surface area contributed by atoms with Crippen LogP contribution in [0, 0.1) is 0 Å². The highest BCUT2D eigenvalue weighted by Gasteiger charge is 2.20. The van der Waals surface area contributed by atoms with Crippen LogP contribution in [0.3, 0.4) is 0 Å². The molecule has 0 aliphatic carbocycles. The lowest BCUT2D eigenvalue weighted by Gasteiger charge is -2.21. The number of nitrogens with two attached hydrogens (primary N) is 3. The van der Waals surface area contributed by atoms with E-state index in [2.05, 4.69) is 6.92 Å². The number of carboxylic acids is 1. The standard InChI is InChI=1S/C16H31NO3.3C2H7NO/c1-4-5-6-7-8-9-10-11-12-13-15(18)17(3)14(2)16(19)20;3*3-1-2-4/h14H,4-13H2,1-3H3,(H,19,20);3*4H,1-3H2. The van der Waals surface area contributed by atoms with Crippen LogP contribution in [-0.4, -0.2) is 89.7 Å². The van der Waals surface area contributed by atoms with E-state index in [9.17, 15) is 9.59 Å². The van der Waals surface area contributed by atoms with Gasteiger partial charge in [-0.3, -0.25) is 4.79 Å².